The number of benzene rings is 3. The highest BCUT2D eigenvalue weighted by Gasteiger charge is 2.22. The van der Waals surface area contributed by atoms with Crippen molar-refractivity contribution in [1.82, 2.24) is 9.80 Å². The van der Waals surface area contributed by atoms with Crippen LogP contribution in [0, 0.1) is 0 Å². The molecule has 150 valence electrons. The molecule has 1 aliphatic heterocycles. The van der Waals surface area contributed by atoms with Gasteiger partial charge in [0.1, 0.15) is 11.5 Å². The Kier molecular flexibility index (Phi) is 5.96. The molecule has 5 nitrogen and oxygen atoms in total. The summed E-state index contributed by atoms with van der Waals surface area (Å²) in [6.45, 7) is 4.00. The molecule has 0 aromatic heterocycles. The number of fused-ring (bicyclic) bond motifs is 1. The summed E-state index contributed by atoms with van der Waals surface area (Å²) in [5, 5.41) is 2.44. The number of carbonyl (C=O) groups excluding carboxylic acids is 1. The second-order valence-corrected chi connectivity index (χ2v) is 7.23. The number of methoxy groups -OCH3 is 1. The molecule has 1 amide bonds. The highest BCUT2D eigenvalue weighted by Crippen LogP contribution is 2.29. The highest BCUT2D eigenvalue weighted by atomic mass is 16.5. The Hall–Kier alpha value is -3.05. The van der Waals surface area contributed by atoms with Gasteiger partial charge in [0, 0.05) is 38.3 Å². The normalized spacial score (nSPS) is 14.7. The van der Waals surface area contributed by atoms with Crippen molar-refractivity contribution >= 4 is 16.7 Å². The zero-order valence-electron chi connectivity index (χ0n) is 16.7. The Bertz CT molecular complexity index is 966. The third-order valence-corrected chi connectivity index (χ3v) is 5.43. The summed E-state index contributed by atoms with van der Waals surface area (Å²) in [6, 6.07) is 22.0. The second-order valence-electron chi connectivity index (χ2n) is 7.23. The number of hydrogen-bond acceptors (Lipinski definition) is 4. The van der Waals surface area contributed by atoms with Gasteiger partial charge in [-0.05, 0) is 29.0 Å². The third kappa shape index (κ3) is 4.51. The molecule has 0 unspecified atom stereocenters. The zero-order chi connectivity index (χ0) is 20.1. The van der Waals surface area contributed by atoms with Gasteiger partial charge in [0.15, 0.2) is 6.61 Å². The Balaban J connectivity index is 1.36. The maximum Gasteiger partial charge on any atom is 0.260 e. The SMILES string of the molecule is COc1ccc2ccccc2c1CN1CCN(C(=O)COc2ccccc2)CC1. The molecule has 0 N–H and O–H groups in total. The molecule has 4 rings (SSSR count). The topological polar surface area (TPSA) is 42.0 Å². The highest BCUT2D eigenvalue weighted by molar-refractivity contribution is 5.87. The molecular formula is C24H26N2O3. The number of piperazine rings is 1. The van der Waals surface area contributed by atoms with Crippen LogP contribution in [0.3, 0.4) is 0 Å². The van der Waals surface area contributed by atoms with Crippen LogP contribution >= 0.6 is 0 Å². The van der Waals surface area contributed by atoms with E-state index in [0.717, 1.165) is 31.1 Å². The quantitative estimate of drug-likeness (QED) is 0.645. The summed E-state index contributed by atoms with van der Waals surface area (Å²) >= 11 is 0. The number of hydrogen-bond donors (Lipinski definition) is 0. The summed E-state index contributed by atoms with van der Waals surface area (Å²) in [5.74, 6) is 1.68. The van der Waals surface area contributed by atoms with Crippen molar-refractivity contribution in [3.63, 3.8) is 0 Å². The molecule has 0 aliphatic carbocycles. The minimum atomic E-state index is 0.0382. The molecule has 29 heavy (non-hydrogen) atoms. The first-order chi connectivity index (χ1) is 14.2. The number of carbonyl (C=O) groups is 1. The minimum absolute atomic E-state index is 0.0382. The lowest BCUT2D eigenvalue weighted by Gasteiger charge is -2.35. The molecule has 1 fully saturated rings. The lowest BCUT2D eigenvalue weighted by Crippen LogP contribution is -2.49. The maximum atomic E-state index is 12.5. The summed E-state index contributed by atoms with van der Waals surface area (Å²) in [4.78, 5) is 16.7. The number of rotatable bonds is 6. The van der Waals surface area contributed by atoms with Crippen LogP contribution in [0.15, 0.2) is 66.7 Å². The molecule has 1 saturated heterocycles. The van der Waals surface area contributed by atoms with Gasteiger partial charge in [0.2, 0.25) is 0 Å². The summed E-state index contributed by atoms with van der Waals surface area (Å²) in [7, 11) is 1.72. The minimum Gasteiger partial charge on any atom is -0.496 e. The van der Waals surface area contributed by atoms with Gasteiger partial charge < -0.3 is 14.4 Å². The van der Waals surface area contributed by atoms with E-state index >= 15 is 0 Å². The van der Waals surface area contributed by atoms with Crippen molar-refractivity contribution in [1.29, 1.82) is 0 Å². The molecule has 0 atom stereocenters. The molecule has 3 aromatic carbocycles. The van der Waals surface area contributed by atoms with E-state index in [2.05, 4.69) is 35.2 Å². The molecule has 0 bridgehead atoms. The smallest absolute Gasteiger partial charge is 0.260 e. The van der Waals surface area contributed by atoms with Crippen LogP contribution in [0.5, 0.6) is 11.5 Å². The Labute approximate surface area is 171 Å². The van der Waals surface area contributed by atoms with Gasteiger partial charge in [0.05, 0.1) is 7.11 Å². The Morgan fingerprint density at radius 3 is 2.38 bits per heavy atom. The van der Waals surface area contributed by atoms with Crippen molar-refractivity contribution in [3.8, 4) is 11.5 Å². The van der Waals surface area contributed by atoms with Gasteiger partial charge in [-0.25, -0.2) is 0 Å². The van der Waals surface area contributed by atoms with Crippen molar-refractivity contribution < 1.29 is 14.3 Å². The average Bonchev–Trinajstić information content (AvgIpc) is 2.79. The van der Waals surface area contributed by atoms with E-state index in [-0.39, 0.29) is 12.5 Å². The van der Waals surface area contributed by atoms with Crippen molar-refractivity contribution in [3.05, 3.63) is 72.3 Å². The van der Waals surface area contributed by atoms with Crippen LogP contribution in [0.2, 0.25) is 0 Å². The fourth-order valence-corrected chi connectivity index (χ4v) is 3.80. The van der Waals surface area contributed by atoms with Gasteiger partial charge in [-0.3, -0.25) is 9.69 Å². The van der Waals surface area contributed by atoms with E-state index in [0.29, 0.717) is 13.1 Å². The van der Waals surface area contributed by atoms with Crippen LogP contribution in [-0.2, 0) is 11.3 Å². The van der Waals surface area contributed by atoms with Crippen LogP contribution in [-0.4, -0.2) is 55.6 Å². The monoisotopic (exact) mass is 390 g/mol. The average molecular weight is 390 g/mol. The number of amides is 1. The van der Waals surface area contributed by atoms with Crippen LogP contribution < -0.4 is 9.47 Å². The zero-order valence-corrected chi connectivity index (χ0v) is 16.7. The molecule has 0 radical (unpaired) electrons. The van der Waals surface area contributed by atoms with E-state index in [1.165, 1.54) is 16.3 Å². The van der Waals surface area contributed by atoms with Gasteiger partial charge >= 0.3 is 0 Å². The van der Waals surface area contributed by atoms with Crippen LogP contribution in [0.1, 0.15) is 5.56 Å². The predicted octanol–water partition coefficient (Wildman–Crippen LogP) is 3.57. The summed E-state index contributed by atoms with van der Waals surface area (Å²) < 4.78 is 11.2. The van der Waals surface area contributed by atoms with Crippen molar-refractivity contribution in [2.45, 2.75) is 6.54 Å². The van der Waals surface area contributed by atoms with Gasteiger partial charge in [-0.15, -0.1) is 0 Å². The maximum absolute atomic E-state index is 12.5. The molecule has 0 spiro atoms. The lowest BCUT2D eigenvalue weighted by atomic mass is 10.0. The van der Waals surface area contributed by atoms with E-state index in [4.69, 9.17) is 9.47 Å². The molecule has 1 aliphatic rings. The van der Waals surface area contributed by atoms with E-state index in [1.807, 2.05) is 41.3 Å². The molecule has 0 saturated carbocycles. The molecule has 3 aromatic rings. The molecule has 1 heterocycles. The Morgan fingerprint density at radius 1 is 0.897 bits per heavy atom. The first-order valence-corrected chi connectivity index (χ1v) is 9.97. The van der Waals surface area contributed by atoms with E-state index < -0.39 is 0 Å². The number of para-hydroxylation sites is 1. The van der Waals surface area contributed by atoms with Crippen LogP contribution in [0.25, 0.3) is 10.8 Å². The van der Waals surface area contributed by atoms with Gasteiger partial charge in [-0.2, -0.15) is 0 Å². The second kappa shape index (κ2) is 8.97. The Morgan fingerprint density at radius 2 is 1.62 bits per heavy atom. The third-order valence-electron chi connectivity index (χ3n) is 5.43. The first-order valence-electron chi connectivity index (χ1n) is 9.97. The largest absolute Gasteiger partial charge is 0.496 e. The van der Waals surface area contributed by atoms with Crippen LogP contribution in [0.4, 0.5) is 0 Å². The van der Waals surface area contributed by atoms with Crippen molar-refractivity contribution in [2.24, 2.45) is 0 Å². The predicted molar refractivity (Wildman–Crippen MR) is 114 cm³/mol. The fourth-order valence-electron chi connectivity index (χ4n) is 3.80. The van der Waals surface area contributed by atoms with E-state index in [9.17, 15) is 4.79 Å². The van der Waals surface area contributed by atoms with Gasteiger partial charge in [-0.1, -0.05) is 48.5 Å². The standard InChI is InChI=1S/C24H26N2O3/c1-28-23-12-11-19-7-5-6-10-21(19)22(23)17-25-13-15-26(16-14-25)24(27)18-29-20-8-3-2-4-9-20/h2-12H,13-18H2,1H3. The summed E-state index contributed by atoms with van der Waals surface area (Å²) in [6.07, 6.45) is 0. The number of nitrogens with zero attached hydrogens (tertiary/aromatic N) is 2. The van der Waals surface area contributed by atoms with Crippen molar-refractivity contribution in [2.75, 3.05) is 39.9 Å². The van der Waals surface area contributed by atoms with E-state index in [1.54, 1.807) is 7.11 Å². The number of ether oxygens (including phenoxy) is 2. The molecular weight excluding hydrogens is 364 g/mol. The fraction of sp³-hybridized carbons (Fsp3) is 0.292. The van der Waals surface area contributed by atoms with Gasteiger partial charge in [0.25, 0.3) is 5.91 Å². The first kappa shape index (κ1) is 19.3. The summed E-state index contributed by atoms with van der Waals surface area (Å²) in [5.41, 5.74) is 1.21. The molecule has 5 heteroatoms. The lowest BCUT2D eigenvalue weighted by molar-refractivity contribution is -0.135.